The van der Waals surface area contributed by atoms with Gasteiger partial charge in [0, 0.05) is 5.57 Å². The van der Waals surface area contributed by atoms with Crippen LogP contribution in [-0.2, 0) is 9.53 Å². The van der Waals surface area contributed by atoms with Crippen LogP contribution in [0.25, 0.3) is 0 Å². The van der Waals surface area contributed by atoms with Crippen molar-refractivity contribution in [2.45, 2.75) is 45.6 Å². The van der Waals surface area contributed by atoms with Crippen LogP contribution in [0.15, 0.2) is 12.2 Å². The molecule has 0 saturated heterocycles. The maximum Gasteiger partial charge on any atom is 0.333 e. The van der Waals surface area contributed by atoms with Gasteiger partial charge in [0.1, 0.15) is 5.60 Å². The summed E-state index contributed by atoms with van der Waals surface area (Å²) >= 11 is 0. The van der Waals surface area contributed by atoms with E-state index in [2.05, 4.69) is 20.4 Å². The minimum absolute atomic E-state index is 0.320. The van der Waals surface area contributed by atoms with E-state index in [9.17, 15) is 4.79 Å². The Balaban J connectivity index is 4.26. The van der Waals surface area contributed by atoms with Crippen molar-refractivity contribution in [1.82, 2.24) is 0 Å². The van der Waals surface area contributed by atoms with Gasteiger partial charge in [-0.05, 0) is 33.6 Å². The second kappa shape index (κ2) is 5.05. The lowest BCUT2D eigenvalue weighted by molar-refractivity contribution is -0.153. The molecule has 0 amide bonds. The number of carbonyl (C=O) groups excluding carboxylic acids is 1. The Labute approximate surface area is 81.0 Å². The maximum atomic E-state index is 11.2. The van der Waals surface area contributed by atoms with Gasteiger partial charge in [-0.25, -0.2) is 4.79 Å². The van der Waals surface area contributed by atoms with Crippen molar-refractivity contribution in [2.24, 2.45) is 0 Å². The zero-order valence-electron chi connectivity index (χ0n) is 8.85. The molecule has 0 bridgehead atoms. The van der Waals surface area contributed by atoms with Gasteiger partial charge in [0.05, 0.1) is 0 Å². The van der Waals surface area contributed by atoms with Crippen molar-refractivity contribution in [2.75, 3.05) is 0 Å². The summed E-state index contributed by atoms with van der Waals surface area (Å²) in [6.07, 6.45) is 2.42. The standard InChI is InChI=1S/C11H19O2/c1-6-8-11(5,7-2)13-10(12)9(3)4/h2-3,6-8H2,1,4-5H3. The van der Waals surface area contributed by atoms with Gasteiger partial charge < -0.3 is 4.74 Å². The second-order valence-corrected chi connectivity index (χ2v) is 3.62. The largest absolute Gasteiger partial charge is 0.456 e. The van der Waals surface area contributed by atoms with Crippen LogP contribution in [0.2, 0.25) is 0 Å². The van der Waals surface area contributed by atoms with E-state index in [0.717, 1.165) is 12.8 Å². The predicted octanol–water partition coefficient (Wildman–Crippen LogP) is 2.89. The molecule has 75 valence electrons. The quantitative estimate of drug-likeness (QED) is 0.484. The third-order valence-electron chi connectivity index (χ3n) is 2.00. The first kappa shape index (κ1) is 12.2. The topological polar surface area (TPSA) is 26.3 Å². The highest BCUT2D eigenvalue weighted by atomic mass is 16.6. The highest BCUT2D eigenvalue weighted by Gasteiger charge is 2.25. The fourth-order valence-corrected chi connectivity index (χ4v) is 1.07. The molecule has 2 nitrogen and oxygen atoms in total. The zero-order chi connectivity index (χ0) is 10.5. The van der Waals surface area contributed by atoms with Crippen LogP contribution in [0.5, 0.6) is 0 Å². The van der Waals surface area contributed by atoms with Crippen LogP contribution in [0.1, 0.15) is 40.0 Å². The van der Waals surface area contributed by atoms with Crippen LogP contribution in [0.4, 0.5) is 0 Å². The summed E-state index contributed by atoms with van der Waals surface area (Å²) in [6.45, 7) is 12.9. The number of rotatable bonds is 5. The highest BCUT2D eigenvalue weighted by molar-refractivity contribution is 5.87. The Morgan fingerprint density at radius 3 is 2.38 bits per heavy atom. The van der Waals surface area contributed by atoms with Gasteiger partial charge in [-0.15, -0.1) is 0 Å². The molecule has 0 heterocycles. The summed E-state index contributed by atoms with van der Waals surface area (Å²) in [7, 11) is 0. The van der Waals surface area contributed by atoms with E-state index < -0.39 is 5.60 Å². The van der Waals surface area contributed by atoms with Crippen LogP contribution in [0.3, 0.4) is 0 Å². The summed E-state index contributed by atoms with van der Waals surface area (Å²) in [5, 5.41) is 0. The summed E-state index contributed by atoms with van der Waals surface area (Å²) in [5.41, 5.74) is 0.0147. The third kappa shape index (κ3) is 4.11. The average Bonchev–Trinajstić information content (AvgIpc) is 2.04. The minimum atomic E-state index is -0.426. The fourth-order valence-electron chi connectivity index (χ4n) is 1.07. The molecule has 0 aromatic heterocycles. The smallest absolute Gasteiger partial charge is 0.333 e. The van der Waals surface area contributed by atoms with Crippen molar-refractivity contribution in [3.8, 4) is 0 Å². The summed E-state index contributed by atoms with van der Waals surface area (Å²) < 4.78 is 5.29. The predicted molar refractivity (Wildman–Crippen MR) is 54.2 cm³/mol. The van der Waals surface area contributed by atoms with Crippen molar-refractivity contribution in [3.05, 3.63) is 19.1 Å². The van der Waals surface area contributed by atoms with Crippen LogP contribution >= 0.6 is 0 Å². The monoisotopic (exact) mass is 183 g/mol. The molecule has 1 unspecified atom stereocenters. The Kier molecular flexibility index (Phi) is 4.74. The lowest BCUT2D eigenvalue weighted by atomic mass is 9.97. The van der Waals surface area contributed by atoms with E-state index in [1.807, 2.05) is 6.92 Å². The van der Waals surface area contributed by atoms with Gasteiger partial charge in [0.25, 0.3) is 0 Å². The zero-order valence-corrected chi connectivity index (χ0v) is 8.85. The molecule has 1 radical (unpaired) electrons. The number of esters is 1. The molecule has 0 fully saturated rings. The second-order valence-electron chi connectivity index (χ2n) is 3.62. The first-order valence-corrected chi connectivity index (χ1v) is 4.63. The summed E-state index contributed by atoms with van der Waals surface area (Å²) in [4.78, 5) is 11.2. The van der Waals surface area contributed by atoms with Crippen LogP contribution in [0, 0.1) is 6.92 Å². The van der Waals surface area contributed by atoms with Crippen LogP contribution in [-0.4, -0.2) is 11.6 Å². The van der Waals surface area contributed by atoms with Gasteiger partial charge in [0.2, 0.25) is 0 Å². The molecular formula is C11H19O2. The molecular weight excluding hydrogens is 164 g/mol. The van der Waals surface area contributed by atoms with E-state index in [4.69, 9.17) is 4.74 Å². The number of hydrogen-bond acceptors (Lipinski definition) is 2. The molecule has 1 atom stereocenters. The Morgan fingerprint density at radius 1 is 1.54 bits per heavy atom. The fraction of sp³-hybridized carbons (Fsp3) is 0.636. The number of carbonyl (C=O) groups is 1. The summed E-state index contributed by atoms with van der Waals surface area (Å²) in [5.74, 6) is -0.320. The van der Waals surface area contributed by atoms with Gasteiger partial charge in [0.15, 0.2) is 0 Å². The first-order valence-electron chi connectivity index (χ1n) is 4.63. The molecule has 0 aromatic carbocycles. The van der Waals surface area contributed by atoms with E-state index in [0.29, 0.717) is 12.0 Å². The molecule has 0 spiro atoms. The third-order valence-corrected chi connectivity index (χ3v) is 2.00. The molecule has 0 aromatic rings. The molecule has 0 aliphatic carbocycles. The van der Waals surface area contributed by atoms with Gasteiger partial charge in [-0.1, -0.05) is 19.9 Å². The van der Waals surface area contributed by atoms with E-state index in [1.165, 1.54) is 0 Å². The SMILES string of the molecule is [CH2]CC(C)(CCC)OC(=O)C(=C)C. The van der Waals surface area contributed by atoms with Crippen LogP contribution < -0.4 is 0 Å². The highest BCUT2D eigenvalue weighted by Crippen LogP contribution is 2.22. The number of ether oxygens (including phenoxy) is 1. The maximum absolute atomic E-state index is 11.2. The molecule has 0 aliphatic heterocycles. The summed E-state index contributed by atoms with van der Waals surface area (Å²) in [6, 6.07) is 0. The van der Waals surface area contributed by atoms with E-state index in [-0.39, 0.29) is 5.97 Å². The Morgan fingerprint density at radius 2 is 2.08 bits per heavy atom. The Bertz CT molecular complexity index is 196. The van der Waals surface area contributed by atoms with Gasteiger partial charge in [-0.3, -0.25) is 0 Å². The first-order chi connectivity index (χ1) is 5.95. The van der Waals surface area contributed by atoms with Gasteiger partial charge in [-0.2, -0.15) is 0 Å². The Hall–Kier alpha value is -0.790. The average molecular weight is 183 g/mol. The molecule has 0 saturated carbocycles. The molecule has 0 N–H and O–H groups in total. The minimum Gasteiger partial charge on any atom is -0.456 e. The van der Waals surface area contributed by atoms with Crippen molar-refractivity contribution in [1.29, 1.82) is 0 Å². The van der Waals surface area contributed by atoms with E-state index >= 15 is 0 Å². The molecule has 2 heteroatoms. The van der Waals surface area contributed by atoms with Gasteiger partial charge >= 0.3 is 5.97 Å². The van der Waals surface area contributed by atoms with Crippen molar-refractivity contribution in [3.63, 3.8) is 0 Å². The number of hydrogen-bond donors (Lipinski definition) is 0. The lowest BCUT2D eigenvalue weighted by Gasteiger charge is -2.27. The van der Waals surface area contributed by atoms with Crippen molar-refractivity contribution < 1.29 is 9.53 Å². The van der Waals surface area contributed by atoms with Crippen molar-refractivity contribution >= 4 is 5.97 Å². The lowest BCUT2D eigenvalue weighted by Crippen LogP contribution is -2.31. The van der Waals surface area contributed by atoms with E-state index in [1.54, 1.807) is 6.92 Å². The normalized spacial score (nSPS) is 14.8. The molecule has 0 aliphatic rings. The molecule has 0 rings (SSSR count). The molecule has 13 heavy (non-hydrogen) atoms.